The fourth-order valence-electron chi connectivity index (χ4n) is 2.04. The molecule has 0 radical (unpaired) electrons. The lowest BCUT2D eigenvalue weighted by molar-refractivity contribution is 0.418. The summed E-state index contributed by atoms with van der Waals surface area (Å²) in [5.41, 5.74) is 4.50. The molecule has 15 heavy (non-hydrogen) atoms. The Morgan fingerprint density at radius 2 is 1.80 bits per heavy atom. The van der Waals surface area contributed by atoms with Gasteiger partial charge in [-0.2, -0.15) is 0 Å². The topological polar surface area (TPSA) is 22.1 Å². The van der Waals surface area contributed by atoms with E-state index in [4.69, 9.17) is 4.74 Å². The minimum atomic E-state index is 0.849. The highest BCUT2D eigenvalue weighted by atomic mass is 16.5. The van der Waals surface area contributed by atoms with Crippen molar-refractivity contribution in [1.29, 1.82) is 0 Å². The molecule has 0 aliphatic rings. The third-order valence-electron chi connectivity index (χ3n) is 2.68. The molecule has 0 spiro atoms. The lowest BCUT2D eigenvalue weighted by Crippen LogP contribution is -1.93. The van der Waals surface area contributed by atoms with Gasteiger partial charge in [-0.15, -0.1) is 0 Å². The Balaban J connectivity index is 2.93. The lowest BCUT2D eigenvalue weighted by Gasteiger charge is -2.10. The second-order valence-corrected chi connectivity index (χ2v) is 3.89. The number of ether oxygens (including phenoxy) is 1. The average Bonchev–Trinajstić information content (AvgIpc) is 2.17. The van der Waals surface area contributed by atoms with Crippen LogP contribution in [0.15, 0.2) is 18.2 Å². The first-order chi connectivity index (χ1) is 7.13. The second-order valence-electron chi connectivity index (χ2n) is 3.89. The van der Waals surface area contributed by atoms with Crippen LogP contribution in [0, 0.1) is 20.8 Å². The predicted octanol–water partition coefficient (Wildman–Crippen LogP) is 3.17. The van der Waals surface area contributed by atoms with Crippen molar-refractivity contribution in [2.45, 2.75) is 20.8 Å². The third-order valence-corrected chi connectivity index (χ3v) is 2.68. The van der Waals surface area contributed by atoms with E-state index in [0.29, 0.717) is 0 Å². The summed E-state index contributed by atoms with van der Waals surface area (Å²) >= 11 is 0. The molecule has 0 saturated heterocycles. The fourth-order valence-corrected chi connectivity index (χ4v) is 2.04. The summed E-state index contributed by atoms with van der Waals surface area (Å²) in [7, 11) is 1.68. The highest BCUT2D eigenvalue weighted by Gasteiger charge is 2.08. The van der Waals surface area contributed by atoms with Crippen molar-refractivity contribution in [2.24, 2.45) is 0 Å². The zero-order chi connectivity index (χ0) is 11.0. The SMILES string of the molecule is COc1ccc(C)c2c(C)cc(C)nc12. The van der Waals surface area contributed by atoms with Crippen LogP contribution in [0.25, 0.3) is 10.9 Å². The third kappa shape index (κ3) is 1.56. The van der Waals surface area contributed by atoms with Gasteiger partial charge in [-0.25, -0.2) is 4.98 Å². The van der Waals surface area contributed by atoms with E-state index in [0.717, 1.165) is 17.0 Å². The number of benzene rings is 1. The predicted molar refractivity (Wildman–Crippen MR) is 62.5 cm³/mol. The van der Waals surface area contributed by atoms with Crippen LogP contribution in [-0.4, -0.2) is 12.1 Å². The Morgan fingerprint density at radius 1 is 1.07 bits per heavy atom. The number of nitrogens with zero attached hydrogens (tertiary/aromatic N) is 1. The van der Waals surface area contributed by atoms with Gasteiger partial charge in [0.05, 0.1) is 7.11 Å². The van der Waals surface area contributed by atoms with Gasteiger partial charge in [0, 0.05) is 11.1 Å². The summed E-state index contributed by atoms with van der Waals surface area (Å²) in [6, 6.07) is 6.16. The molecule has 0 fully saturated rings. The normalized spacial score (nSPS) is 10.7. The molecule has 1 aromatic heterocycles. The zero-order valence-corrected chi connectivity index (χ0v) is 9.59. The van der Waals surface area contributed by atoms with Crippen LogP contribution in [0.5, 0.6) is 5.75 Å². The van der Waals surface area contributed by atoms with Gasteiger partial charge in [0.15, 0.2) is 0 Å². The van der Waals surface area contributed by atoms with Crippen LogP contribution in [0.2, 0.25) is 0 Å². The number of hydrogen-bond donors (Lipinski definition) is 0. The molecule has 0 saturated carbocycles. The Hall–Kier alpha value is -1.57. The Labute approximate surface area is 89.9 Å². The van der Waals surface area contributed by atoms with Gasteiger partial charge in [0.2, 0.25) is 0 Å². The number of aryl methyl sites for hydroxylation is 3. The van der Waals surface area contributed by atoms with Crippen LogP contribution in [-0.2, 0) is 0 Å². The van der Waals surface area contributed by atoms with E-state index >= 15 is 0 Å². The van der Waals surface area contributed by atoms with E-state index in [-0.39, 0.29) is 0 Å². The number of rotatable bonds is 1. The van der Waals surface area contributed by atoms with Gasteiger partial charge in [-0.1, -0.05) is 6.07 Å². The molecule has 2 heteroatoms. The molecule has 2 aromatic rings. The highest BCUT2D eigenvalue weighted by molar-refractivity contribution is 5.90. The molecular weight excluding hydrogens is 186 g/mol. The van der Waals surface area contributed by atoms with E-state index in [1.807, 2.05) is 13.0 Å². The summed E-state index contributed by atoms with van der Waals surface area (Å²) in [5.74, 6) is 0.849. The van der Waals surface area contributed by atoms with Crippen molar-refractivity contribution < 1.29 is 4.74 Å². The minimum Gasteiger partial charge on any atom is -0.494 e. The van der Waals surface area contributed by atoms with Gasteiger partial charge in [-0.3, -0.25) is 0 Å². The Bertz CT molecular complexity index is 517. The fraction of sp³-hybridized carbons (Fsp3) is 0.308. The van der Waals surface area contributed by atoms with Crippen molar-refractivity contribution in [2.75, 3.05) is 7.11 Å². The van der Waals surface area contributed by atoms with E-state index in [2.05, 4.69) is 31.0 Å². The molecule has 0 amide bonds. The Morgan fingerprint density at radius 3 is 2.47 bits per heavy atom. The van der Waals surface area contributed by atoms with Crippen molar-refractivity contribution >= 4 is 10.9 Å². The van der Waals surface area contributed by atoms with Crippen molar-refractivity contribution in [3.63, 3.8) is 0 Å². The number of hydrogen-bond acceptors (Lipinski definition) is 2. The molecule has 0 bridgehead atoms. The monoisotopic (exact) mass is 201 g/mol. The summed E-state index contributed by atoms with van der Waals surface area (Å²) in [5, 5.41) is 1.21. The number of pyridine rings is 1. The summed E-state index contributed by atoms with van der Waals surface area (Å²) in [6.07, 6.45) is 0. The van der Waals surface area contributed by atoms with Gasteiger partial charge in [0.1, 0.15) is 11.3 Å². The average molecular weight is 201 g/mol. The van der Waals surface area contributed by atoms with Crippen LogP contribution >= 0.6 is 0 Å². The maximum absolute atomic E-state index is 5.33. The second kappa shape index (κ2) is 3.54. The molecule has 0 atom stereocenters. The van der Waals surface area contributed by atoms with Crippen molar-refractivity contribution in [3.8, 4) is 5.75 Å². The summed E-state index contributed by atoms with van der Waals surface area (Å²) in [6.45, 7) is 6.23. The molecule has 0 N–H and O–H groups in total. The molecule has 2 nitrogen and oxygen atoms in total. The van der Waals surface area contributed by atoms with Gasteiger partial charge >= 0.3 is 0 Å². The van der Waals surface area contributed by atoms with Gasteiger partial charge in [0.25, 0.3) is 0 Å². The van der Waals surface area contributed by atoms with Crippen molar-refractivity contribution in [1.82, 2.24) is 4.98 Å². The van der Waals surface area contributed by atoms with E-state index in [1.54, 1.807) is 7.11 Å². The van der Waals surface area contributed by atoms with Crippen LogP contribution in [0.4, 0.5) is 0 Å². The van der Waals surface area contributed by atoms with Crippen LogP contribution in [0.1, 0.15) is 16.8 Å². The highest BCUT2D eigenvalue weighted by Crippen LogP contribution is 2.29. The van der Waals surface area contributed by atoms with Gasteiger partial charge < -0.3 is 4.74 Å². The zero-order valence-electron chi connectivity index (χ0n) is 9.59. The number of fused-ring (bicyclic) bond motifs is 1. The Kier molecular flexibility index (Phi) is 2.35. The maximum Gasteiger partial charge on any atom is 0.145 e. The molecular formula is C13H15NO. The molecule has 1 aromatic carbocycles. The summed E-state index contributed by atoms with van der Waals surface area (Å²) in [4.78, 5) is 4.54. The standard InChI is InChI=1S/C13H15NO/c1-8-5-6-11(15-4)13-12(8)9(2)7-10(3)14-13/h5-7H,1-4H3. The first kappa shape index (κ1) is 9.97. The van der Waals surface area contributed by atoms with Crippen LogP contribution < -0.4 is 4.74 Å². The number of methoxy groups -OCH3 is 1. The maximum atomic E-state index is 5.33. The van der Waals surface area contributed by atoms with E-state index in [9.17, 15) is 0 Å². The molecule has 0 unspecified atom stereocenters. The molecule has 78 valence electrons. The molecule has 2 rings (SSSR count). The molecule has 0 aliphatic carbocycles. The number of aromatic nitrogens is 1. The quantitative estimate of drug-likeness (QED) is 0.707. The van der Waals surface area contributed by atoms with Crippen molar-refractivity contribution in [3.05, 3.63) is 35.0 Å². The molecule has 1 heterocycles. The largest absolute Gasteiger partial charge is 0.494 e. The smallest absolute Gasteiger partial charge is 0.145 e. The first-order valence-electron chi connectivity index (χ1n) is 5.05. The van der Waals surface area contributed by atoms with Crippen LogP contribution in [0.3, 0.4) is 0 Å². The minimum absolute atomic E-state index is 0.849. The lowest BCUT2D eigenvalue weighted by atomic mass is 10.0. The molecule has 0 aliphatic heterocycles. The first-order valence-corrected chi connectivity index (χ1v) is 5.05. The summed E-state index contributed by atoms with van der Waals surface area (Å²) < 4.78 is 5.33. The van der Waals surface area contributed by atoms with Gasteiger partial charge in [-0.05, 0) is 44.0 Å². The van der Waals surface area contributed by atoms with E-state index in [1.165, 1.54) is 16.5 Å². The van der Waals surface area contributed by atoms with E-state index < -0.39 is 0 Å².